The van der Waals surface area contributed by atoms with Crippen molar-refractivity contribution in [2.75, 3.05) is 21.2 Å². The molecule has 2 N–H and O–H groups in total. The minimum atomic E-state index is -3.84. The molecule has 0 saturated carbocycles. The van der Waals surface area contributed by atoms with Gasteiger partial charge in [-0.15, -0.1) is 6.58 Å². The maximum absolute atomic E-state index is 12.4. The smallest absolute Gasteiger partial charge is 0.326 e. The Morgan fingerprint density at radius 3 is 2.52 bits per heavy atom. The molecule has 8 nitrogen and oxygen atoms in total. The maximum atomic E-state index is 12.4. The average Bonchev–Trinajstić information content (AvgIpc) is 2.57. The van der Waals surface area contributed by atoms with Crippen LogP contribution in [0, 0.1) is 0 Å². The standard InChI is InChI=1S/C16H22N2O6S/c1-5-6-7-12(16(20)21)17-15(19)11-8-9-13(24-4)14(10-11)25(22,23)18(2)3/h5,8-10,12H,1,6-7H2,2-4H3,(H,17,19)(H,20,21). The van der Waals surface area contributed by atoms with Gasteiger partial charge in [-0.3, -0.25) is 4.79 Å². The van der Waals surface area contributed by atoms with Gasteiger partial charge in [-0.25, -0.2) is 17.5 Å². The lowest BCUT2D eigenvalue weighted by atomic mass is 10.1. The number of sulfonamides is 1. The van der Waals surface area contributed by atoms with Crippen LogP contribution >= 0.6 is 0 Å². The van der Waals surface area contributed by atoms with Crippen LogP contribution in [0.4, 0.5) is 0 Å². The lowest BCUT2D eigenvalue weighted by molar-refractivity contribution is -0.139. The summed E-state index contributed by atoms with van der Waals surface area (Å²) in [6.45, 7) is 3.51. The summed E-state index contributed by atoms with van der Waals surface area (Å²) in [5, 5.41) is 11.5. The van der Waals surface area contributed by atoms with E-state index in [1.165, 1.54) is 33.3 Å². The van der Waals surface area contributed by atoms with Gasteiger partial charge >= 0.3 is 5.97 Å². The van der Waals surface area contributed by atoms with Gasteiger partial charge in [0.15, 0.2) is 0 Å². The van der Waals surface area contributed by atoms with Crippen molar-refractivity contribution in [3.63, 3.8) is 0 Å². The molecule has 0 saturated heterocycles. The van der Waals surface area contributed by atoms with Crippen LogP contribution in [-0.4, -0.2) is 57.0 Å². The Bertz CT molecular complexity index is 758. The second-order valence-electron chi connectivity index (χ2n) is 5.38. The van der Waals surface area contributed by atoms with Crippen molar-refractivity contribution in [3.8, 4) is 5.75 Å². The first-order chi connectivity index (χ1) is 11.6. The zero-order valence-corrected chi connectivity index (χ0v) is 15.2. The first-order valence-corrected chi connectivity index (χ1v) is 8.84. The van der Waals surface area contributed by atoms with Crippen molar-refractivity contribution >= 4 is 21.9 Å². The van der Waals surface area contributed by atoms with Crippen molar-refractivity contribution in [1.29, 1.82) is 0 Å². The molecule has 0 spiro atoms. The lowest BCUT2D eigenvalue weighted by Gasteiger charge is -2.17. The number of allylic oxidation sites excluding steroid dienone is 1. The average molecular weight is 370 g/mol. The van der Waals surface area contributed by atoms with Crippen LogP contribution in [0.3, 0.4) is 0 Å². The molecule has 9 heteroatoms. The molecule has 1 rings (SSSR count). The maximum Gasteiger partial charge on any atom is 0.326 e. The van der Waals surface area contributed by atoms with Crippen molar-refractivity contribution < 1.29 is 27.9 Å². The molecule has 1 amide bonds. The number of carboxylic acid groups (broad SMARTS) is 1. The molecule has 1 aromatic rings. The van der Waals surface area contributed by atoms with E-state index in [0.717, 1.165) is 10.4 Å². The second kappa shape index (κ2) is 8.63. The predicted molar refractivity (Wildman–Crippen MR) is 92.2 cm³/mol. The van der Waals surface area contributed by atoms with Crippen molar-refractivity contribution in [2.24, 2.45) is 0 Å². The van der Waals surface area contributed by atoms with Gasteiger partial charge in [0, 0.05) is 19.7 Å². The molecule has 0 aromatic heterocycles. The molecule has 0 radical (unpaired) electrons. The molecule has 138 valence electrons. The third-order valence-electron chi connectivity index (χ3n) is 3.45. The Hall–Kier alpha value is -2.39. The molecule has 1 aromatic carbocycles. The lowest BCUT2D eigenvalue weighted by Crippen LogP contribution is -2.40. The summed E-state index contributed by atoms with van der Waals surface area (Å²) >= 11 is 0. The highest BCUT2D eigenvalue weighted by molar-refractivity contribution is 7.89. The highest BCUT2D eigenvalue weighted by atomic mass is 32.2. The number of carbonyl (C=O) groups is 2. The first kappa shape index (κ1) is 20.7. The van der Waals surface area contributed by atoms with Gasteiger partial charge in [-0.05, 0) is 31.0 Å². The SMILES string of the molecule is C=CCCC(NC(=O)c1ccc(OC)c(S(=O)(=O)N(C)C)c1)C(=O)O. The largest absolute Gasteiger partial charge is 0.495 e. The van der Waals surface area contributed by atoms with E-state index in [9.17, 15) is 18.0 Å². The molecule has 25 heavy (non-hydrogen) atoms. The summed E-state index contributed by atoms with van der Waals surface area (Å²) in [7, 11) is 0.200. The number of hydrogen-bond acceptors (Lipinski definition) is 5. The molecule has 0 bridgehead atoms. The van der Waals surface area contributed by atoms with Gasteiger partial charge in [0.25, 0.3) is 5.91 Å². The normalized spacial score (nSPS) is 12.5. The van der Waals surface area contributed by atoms with E-state index in [4.69, 9.17) is 9.84 Å². The molecule has 0 fully saturated rings. The van der Waals surface area contributed by atoms with Gasteiger partial charge in [0.1, 0.15) is 16.7 Å². The van der Waals surface area contributed by atoms with Crippen molar-refractivity contribution in [1.82, 2.24) is 9.62 Å². The molecular weight excluding hydrogens is 348 g/mol. The predicted octanol–water partition coefficient (Wildman–Crippen LogP) is 1.09. The Morgan fingerprint density at radius 2 is 2.04 bits per heavy atom. The highest BCUT2D eigenvalue weighted by Crippen LogP contribution is 2.27. The highest BCUT2D eigenvalue weighted by Gasteiger charge is 2.25. The number of methoxy groups -OCH3 is 1. The Labute approximate surface area is 147 Å². The summed E-state index contributed by atoms with van der Waals surface area (Å²) in [6, 6.07) is 2.79. The molecule has 0 aliphatic heterocycles. The molecule has 0 aliphatic carbocycles. The zero-order valence-electron chi connectivity index (χ0n) is 14.4. The van der Waals surface area contributed by atoms with Crippen LogP contribution in [0.15, 0.2) is 35.7 Å². The fourth-order valence-corrected chi connectivity index (χ4v) is 3.07. The monoisotopic (exact) mass is 370 g/mol. The fraction of sp³-hybridized carbons (Fsp3) is 0.375. The fourth-order valence-electron chi connectivity index (χ4n) is 2.00. The van der Waals surface area contributed by atoms with E-state index in [0.29, 0.717) is 6.42 Å². The molecule has 0 aliphatic rings. The van der Waals surface area contributed by atoms with Crippen molar-refractivity contribution in [2.45, 2.75) is 23.8 Å². The summed E-state index contributed by atoms with van der Waals surface area (Å²) in [5.74, 6) is -1.77. The van der Waals surface area contributed by atoms with E-state index in [1.54, 1.807) is 6.08 Å². The van der Waals surface area contributed by atoms with E-state index < -0.39 is 27.9 Å². The van der Waals surface area contributed by atoms with Gasteiger partial charge in [0.2, 0.25) is 10.0 Å². The number of rotatable bonds is 9. The molecule has 1 unspecified atom stereocenters. The Balaban J connectivity index is 3.19. The summed E-state index contributed by atoms with van der Waals surface area (Å²) in [4.78, 5) is 23.4. The van der Waals surface area contributed by atoms with Gasteiger partial charge in [-0.2, -0.15) is 0 Å². The van der Waals surface area contributed by atoms with Gasteiger partial charge in [0.05, 0.1) is 7.11 Å². The van der Waals surface area contributed by atoms with E-state index in [1.807, 2.05) is 0 Å². The number of carbonyl (C=O) groups excluding carboxylic acids is 1. The number of nitrogens with zero attached hydrogens (tertiary/aromatic N) is 1. The molecule has 1 atom stereocenters. The Kier molecular flexibility index (Phi) is 7.13. The number of ether oxygens (including phenoxy) is 1. The summed E-state index contributed by atoms with van der Waals surface area (Å²) in [6.07, 6.45) is 2.15. The third-order valence-corrected chi connectivity index (χ3v) is 5.28. The Morgan fingerprint density at radius 1 is 1.40 bits per heavy atom. The minimum Gasteiger partial charge on any atom is -0.495 e. The van der Waals surface area contributed by atoms with Crippen LogP contribution < -0.4 is 10.1 Å². The summed E-state index contributed by atoms with van der Waals surface area (Å²) < 4.78 is 30.8. The third kappa shape index (κ3) is 5.04. The quantitative estimate of drug-likeness (QED) is 0.629. The topological polar surface area (TPSA) is 113 Å². The first-order valence-electron chi connectivity index (χ1n) is 7.40. The molecular formula is C16H22N2O6S. The van der Waals surface area contributed by atoms with E-state index in [2.05, 4.69) is 11.9 Å². The van der Waals surface area contributed by atoms with Crippen molar-refractivity contribution in [3.05, 3.63) is 36.4 Å². The van der Waals surface area contributed by atoms with Crippen LogP contribution in [0.25, 0.3) is 0 Å². The van der Waals surface area contributed by atoms with Crippen LogP contribution in [0.1, 0.15) is 23.2 Å². The van der Waals surface area contributed by atoms with Crippen LogP contribution in [-0.2, 0) is 14.8 Å². The number of amides is 1. The summed E-state index contributed by atoms with van der Waals surface area (Å²) in [5.41, 5.74) is 0.0195. The molecule has 0 heterocycles. The second-order valence-corrected chi connectivity index (χ2v) is 7.50. The van der Waals surface area contributed by atoms with Gasteiger partial charge < -0.3 is 15.2 Å². The van der Waals surface area contributed by atoms with E-state index >= 15 is 0 Å². The van der Waals surface area contributed by atoms with Crippen LogP contribution in [0.2, 0.25) is 0 Å². The number of benzene rings is 1. The van der Waals surface area contributed by atoms with Crippen LogP contribution in [0.5, 0.6) is 5.75 Å². The minimum absolute atomic E-state index is 0.0195. The number of nitrogens with one attached hydrogen (secondary N) is 1. The zero-order chi connectivity index (χ0) is 19.2. The van der Waals surface area contributed by atoms with E-state index in [-0.39, 0.29) is 22.6 Å². The van der Waals surface area contributed by atoms with Gasteiger partial charge in [-0.1, -0.05) is 6.08 Å². The number of hydrogen-bond donors (Lipinski definition) is 2. The number of carboxylic acids is 1. The number of aliphatic carboxylic acids is 1.